The Morgan fingerprint density at radius 1 is 1.14 bits per heavy atom. The van der Waals surface area contributed by atoms with E-state index in [2.05, 4.69) is 41.2 Å². The summed E-state index contributed by atoms with van der Waals surface area (Å²) in [5.41, 5.74) is 13.5. The van der Waals surface area contributed by atoms with Gasteiger partial charge in [-0.25, -0.2) is 19.7 Å². The number of aromatic nitrogens is 6. The quantitative estimate of drug-likeness (QED) is 0.241. The summed E-state index contributed by atoms with van der Waals surface area (Å²) in [4.78, 5) is 28.8. The van der Waals surface area contributed by atoms with Crippen LogP contribution in [0.3, 0.4) is 0 Å². The summed E-state index contributed by atoms with van der Waals surface area (Å²) in [6, 6.07) is 7.53. The molecular weight excluding hydrogens is 542 g/mol. The highest BCUT2D eigenvalue weighted by Crippen LogP contribution is 2.32. The van der Waals surface area contributed by atoms with Crippen LogP contribution < -0.4 is 27.2 Å². The van der Waals surface area contributed by atoms with E-state index < -0.39 is 5.69 Å². The molecule has 1 aliphatic rings. The van der Waals surface area contributed by atoms with Crippen LogP contribution in [0.15, 0.2) is 52.4 Å². The molecule has 0 saturated carbocycles. The van der Waals surface area contributed by atoms with Crippen LogP contribution in [-0.4, -0.2) is 48.3 Å². The molecule has 1 aromatic carbocycles. The molecule has 0 radical (unpaired) electrons. The number of nitrogen functional groups attached to an aromatic ring is 2. The van der Waals surface area contributed by atoms with Crippen LogP contribution in [-0.2, 0) is 17.8 Å². The average molecular weight is 570 g/mol. The lowest BCUT2D eigenvalue weighted by Crippen LogP contribution is -2.29. The number of imidazole rings is 1. The van der Waals surface area contributed by atoms with Crippen molar-refractivity contribution in [3.63, 3.8) is 0 Å². The number of nitrogens with two attached hydrogens (primary N) is 2. The largest absolute Gasteiger partial charge is 0.492 e. The van der Waals surface area contributed by atoms with Crippen LogP contribution in [0.5, 0.6) is 5.75 Å². The molecule has 5 N–H and O–H groups in total. The van der Waals surface area contributed by atoms with Crippen LogP contribution >= 0.6 is 15.9 Å². The van der Waals surface area contributed by atoms with Gasteiger partial charge in [0.2, 0.25) is 0 Å². The van der Waals surface area contributed by atoms with Crippen LogP contribution in [0, 0.1) is 0 Å². The van der Waals surface area contributed by atoms with E-state index in [1.54, 1.807) is 12.5 Å². The predicted molar refractivity (Wildman–Crippen MR) is 142 cm³/mol. The molecule has 1 saturated heterocycles. The van der Waals surface area contributed by atoms with Crippen molar-refractivity contribution in [1.82, 2.24) is 34.4 Å². The van der Waals surface area contributed by atoms with Gasteiger partial charge in [0.25, 0.3) is 0 Å². The molecule has 194 valence electrons. The van der Waals surface area contributed by atoms with Gasteiger partial charge in [0.15, 0.2) is 11.5 Å². The molecule has 5 rings (SSSR count). The summed E-state index contributed by atoms with van der Waals surface area (Å²) in [5.74, 6) is 1.32. The zero-order valence-electron chi connectivity index (χ0n) is 20.1. The number of halogens is 1. The second-order valence-corrected chi connectivity index (χ2v) is 9.68. The maximum Gasteiger partial charge on any atom is 0.349 e. The van der Waals surface area contributed by atoms with E-state index in [-0.39, 0.29) is 18.1 Å². The zero-order valence-corrected chi connectivity index (χ0v) is 21.7. The number of benzene rings is 1. The SMILES string of the molecule is Nc1nc(=O)n(CCOc2ccc(Br)cc2)cc1CNCC[C@@H]1CC[C@H](n2cnc3c(N)ncnc32)O1. The lowest BCUT2D eigenvalue weighted by atomic mass is 10.2. The van der Waals surface area contributed by atoms with Gasteiger partial charge in [-0.2, -0.15) is 4.98 Å². The number of ether oxygens (including phenoxy) is 2. The fourth-order valence-corrected chi connectivity index (χ4v) is 4.57. The maximum atomic E-state index is 12.3. The molecule has 2 atom stereocenters. The van der Waals surface area contributed by atoms with Gasteiger partial charge < -0.3 is 26.3 Å². The minimum Gasteiger partial charge on any atom is -0.492 e. The van der Waals surface area contributed by atoms with Crippen LogP contribution in [0.4, 0.5) is 11.6 Å². The molecule has 37 heavy (non-hydrogen) atoms. The third-order valence-electron chi connectivity index (χ3n) is 6.26. The first kappa shape index (κ1) is 25.1. The molecule has 4 aromatic rings. The minimum absolute atomic E-state index is 0.106. The lowest BCUT2D eigenvalue weighted by molar-refractivity contribution is 0.000935. The minimum atomic E-state index is -0.398. The van der Waals surface area contributed by atoms with Crippen LogP contribution in [0.1, 0.15) is 31.1 Å². The van der Waals surface area contributed by atoms with Crippen molar-refractivity contribution in [2.24, 2.45) is 0 Å². The van der Waals surface area contributed by atoms with E-state index in [4.69, 9.17) is 20.9 Å². The first-order valence-corrected chi connectivity index (χ1v) is 12.8. The van der Waals surface area contributed by atoms with Crippen molar-refractivity contribution in [3.8, 4) is 5.75 Å². The predicted octanol–water partition coefficient (Wildman–Crippen LogP) is 2.25. The normalized spacial score (nSPS) is 17.4. The summed E-state index contributed by atoms with van der Waals surface area (Å²) in [5, 5.41) is 3.38. The van der Waals surface area contributed by atoms with Crippen molar-refractivity contribution >= 4 is 38.7 Å². The molecule has 12 nitrogen and oxygen atoms in total. The van der Waals surface area contributed by atoms with Gasteiger partial charge in [-0.15, -0.1) is 0 Å². The summed E-state index contributed by atoms with van der Waals surface area (Å²) >= 11 is 3.39. The van der Waals surface area contributed by atoms with E-state index in [1.807, 2.05) is 28.8 Å². The molecule has 13 heteroatoms. The highest BCUT2D eigenvalue weighted by Gasteiger charge is 2.28. The van der Waals surface area contributed by atoms with Gasteiger partial charge in [-0.3, -0.25) is 9.13 Å². The molecule has 0 amide bonds. The van der Waals surface area contributed by atoms with Gasteiger partial charge in [0.05, 0.1) is 19.0 Å². The number of hydrogen-bond donors (Lipinski definition) is 3. The molecule has 4 heterocycles. The van der Waals surface area contributed by atoms with Gasteiger partial charge >= 0.3 is 5.69 Å². The Morgan fingerprint density at radius 2 is 1.97 bits per heavy atom. The standard InChI is InChI=1S/C24H28BrN9O3/c25-16-1-3-17(4-2-16)36-10-9-33-12-15(21(26)32-24(33)35)11-28-8-7-18-5-6-19(37-18)34-14-31-20-22(27)29-13-30-23(20)34/h1-4,12-14,18-19,28H,5-11H2,(H2,26,32,35)(H2,27,29,30)/t18-,19+/m0/s1. The van der Waals surface area contributed by atoms with Crippen molar-refractivity contribution in [1.29, 1.82) is 0 Å². The Hall–Kier alpha value is -3.55. The summed E-state index contributed by atoms with van der Waals surface area (Å²) < 4.78 is 16.4. The van der Waals surface area contributed by atoms with E-state index in [9.17, 15) is 4.79 Å². The number of nitrogens with one attached hydrogen (secondary N) is 1. The molecular formula is C24H28BrN9O3. The average Bonchev–Trinajstić information content (AvgIpc) is 3.53. The van der Waals surface area contributed by atoms with Gasteiger partial charge in [0, 0.05) is 22.8 Å². The van der Waals surface area contributed by atoms with Crippen molar-refractivity contribution < 1.29 is 9.47 Å². The number of hydrogen-bond acceptors (Lipinski definition) is 10. The van der Waals surface area contributed by atoms with Crippen LogP contribution in [0.2, 0.25) is 0 Å². The molecule has 0 aliphatic carbocycles. The molecule has 1 fully saturated rings. The summed E-state index contributed by atoms with van der Waals surface area (Å²) in [6.45, 7) is 1.92. The number of anilines is 2. The Balaban J connectivity index is 1.10. The fourth-order valence-electron chi connectivity index (χ4n) is 4.31. The van der Waals surface area contributed by atoms with Crippen molar-refractivity contribution in [2.45, 2.75) is 44.7 Å². The second-order valence-electron chi connectivity index (χ2n) is 8.77. The smallest absolute Gasteiger partial charge is 0.349 e. The number of rotatable bonds is 10. The second kappa shape index (κ2) is 11.2. The van der Waals surface area contributed by atoms with Gasteiger partial charge in [-0.05, 0) is 50.1 Å². The van der Waals surface area contributed by atoms with Crippen LogP contribution in [0.25, 0.3) is 11.2 Å². The third-order valence-corrected chi connectivity index (χ3v) is 6.79. The fraction of sp³-hybridized carbons (Fsp3) is 0.375. The third kappa shape index (κ3) is 5.89. The molecule has 3 aromatic heterocycles. The van der Waals surface area contributed by atoms with Crippen molar-refractivity contribution in [3.05, 3.63) is 63.6 Å². The number of fused-ring (bicyclic) bond motifs is 1. The first-order chi connectivity index (χ1) is 18.0. The molecule has 0 spiro atoms. The first-order valence-electron chi connectivity index (χ1n) is 12.0. The number of nitrogens with zero attached hydrogens (tertiary/aromatic N) is 6. The van der Waals surface area contributed by atoms with E-state index >= 15 is 0 Å². The van der Waals surface area contributed by atoms with E-state index in [1.165, 1.54) is 10.9 Å². The lowest BCUT2D eigenvalue weighted by Gasteiger charge is -2.16. The van der Waals surface area contributed by atoms with Gasteiger partial charge in [0.1, 0.15) is 36.2 Å². The molecule has 0 bridgehead atoms. The Labute approximate surface area is 221 Å². The highest BCUT2D eigenvalue weighted by atomic mass is 79.9. The zero-order chi connectivity index (χ0) is 25.8. The topological polar surface area (TPSA) is 161 Å². The highest BCUT2D eigenvalue weighted by molar-refractivity contribution is 9.10. The van der Waals surface area contributed by atoms with E-state index in [0.29, 0.717) is 36.7 Å². The molecule has 1 aliphatic heterocycles. The Bertz CT molecular complexity index is 1420. The Morgan fingerprint density at radius 3 is 2.81 bits per heavy atom. The van der Waals surface area contributed by atoms with Crippen molar-refractivity contribution in [2.75, 3.05) is 24.6 Å². The Kier molecular flexibility index (Phi) is 7.63. The monoisotopic (exact) mass is 569 g/mol. The maximum absolute atomic E-state index is 12.3. The summed E-state index contributed by atoms with van der Waals surface area (Å²) in [7, 11) is 0. The van der Waals surface area contributed by atoms with Gasteiger partial charge in [-0.1, -0.05) is 15.9 Å². The molecule has 0 unspecified atom stereocenters. The summed E-state index contributed by atoms with van der Waals surface area (Å²) in [6.07, 6.45) is 7.48. The van der Waals surface area contributed by atoms with E-state index in [0.717, 1.165) is 41.6 Å².